The van der Waals surface area contributed by atoms with E-state index in [0.717, 1.165) is 12.1 Å². The van der Waals surface area contributed by atoms with Crippen LogP contribution in [0.3, 0.4) is 0 Å². The van der Waals surface area contributed by atoms with Crippen molar-refractivity contribution in [3.8, 4) is 0 Å². The zero-order valence-electron chi connectivity index (χ0n) is 8.25. The van der Waals surface area contributed by atoms with E-state index in [2.05, 4.69) is 24.1 Å². The van der Waals surface area contributed by atoms with Gasteiger partial charge in [0.25, 0.3) is 0 Å². The van der Waals surface area contributed by atoms with Gasteiger partial charge < -0.3 is 5.73 Å². The average Bonchev–Trinajstić information content (AvgIpc) is 2.15. The van der Waals surface area contributed by atoms with E-state index in [9.17, 15) is 0 Å². The first-order valence-corrected chi connectivity index (χ1v) is 4.54. The molecule has 0 aliphatic heterocycles. The lowest BCUT2D eigenvalue weighted by Crippen LogP contribution is -1.96. The Morgan fingerprint density at radius 1 is 1.54 bits per heavy atom. The lowest BCUT2D eigenvalue weighted by Gasteiger charge is -2.00. The van der Waals surface area contributed by atoms with Crippen molar-refractivity contribution in [1.82, 2.24) is 4.98 Å². The number of nitrogens with zero attached hydrogens (tertiary/aromatic N) is 1. The molecular weight excluding hydrogens is 160 g/mol. The van der Waals surface area contributed by atoms with Crippen LogP contribution in [0.2, 0.25) is 0 Å². The van der Waals surface area contributed by atoms with Crippen LogP contribution >= 0.6 is 0 Å². The molecule has 0 saturated carbocycles. The van der Waals surface area contributed by atoms with Crippen LogP contribution in [0.15, 0.2) is 24.4 Å². The highest BCUT2D eigenvalue weighted by Gasteiger charge is 1.94. The molecule has 13 heavy (non-hydrogen) atoms. The van der Waals surface area contributed by atoms with Gasteiger partial charge in [0.2, 0.25) is 0 Å². The van der Waals surface area contributed by atoms with Crippen LogP contribution in [0.25, 0.3) is 5.57 Å². The first-order valence-electron chi connectivity index (χ1n) is 4.54. The predicted octanol–water partition coefficient (Wildman–Crippen LogP) is 2.14. The van der Waals surface area contributed by atoms with Gasteiger partial charge in [0.05, 0.1) is 0 Å². The standard InChI is InChI=1S/C11H16N2/c1-9(4-3-7-12)11-6-5-10(2)13-8-11/h4-6,8H,3,7,12H2,1-2H3. The summed E-state index contributed by atoms with van der Waals surface area (Å²) in [4.78, 5) is 4.24. The third kappa shape index (κ3) is 2.99. The van der Waals surface area contributed by atoms with Crippen LogP contribution in [-0.4, -0.2) is 11.5 Å². The monoisotopic (exact) mass is 176 g/mol. The number of pyridine rings is 1. The first kappa shape index (κ1) is 9.93. The summed E-state index contributed by atoms with van der Waals surface area (Å²) in [6, 6.07) is 4.11. The molecule has 0 radical (unpaired) electrons. The number of allylic oxidation sites excluding steroid dienone is 1. The molecule has 0 unspecified atom stereocenters. The van der Waals surface area contributed by atoms with Crippen LogP contribution in [0.1, 0.15) is 24.6 Å². The van der Waals surface area contributed by atoms with Gasteiger partial charge in [-0.1, -0.05) is 12.1 Å². The normalized spacial score (nSPS) is 11.8. The molecule has 0 amide bonds. The van der Waals surface area contributed by atoms with Gasteiger partial charge in [-0.25, -0.2) is 0 Å². The Labute approximate surface area is 79.5 Å². The number of hydrogen-bond acceptors (Lipinski definition) is 2. The van der Waals surface area contributed by atoms with Crippen molar-refractivity contribution in [1.29, 1.82) is 0 Å². The quantitative estimate of drug-likeness (QED) is 0.766. The Morgan fingerprint density at radius 2 is 2.31 bits per heavy atom. The molecule has 2 N–H and O–H groups in total. The van der Waals surface area contributed by atoms with Crippen molar-refractivity contribution in [3.63, 3.8) is 0 Å². The zero-order chi connectivity index (χ0) is 9.68. The summed E-state index contributed by atoms with van der Waals surface area (Å²) in [5, 5.41) is 0. The molecule has 0 fully saturated rings. The van der Waals surface area contributed by atoms with Crippen molar-refractivity contribution in [2.45, 2.75) is 20.3 Å². The molecule has 0 aliphatic rings. The minimum absolute atomic E-state index is 0.705. The molecule has 0 aliphatic carbocycles. The molecule has 1 rings (SSSR count). The van der Waals surface area contributed by atoms with Gasteiger partial charge in [-0.05, 0) is 44.0 Å². The topological polar surface area (TPSA) is 38.9 Å². The fourth-order valence-corrected chi connectivity index (χ4v) is 1.12. The third-order valence-electron chi connectivity index (χ3n) is 1.98. The Kier molecular flexibility index (Phi) is 3.65. The maximum atomic E-state index is 5.42. The maximum Gasteiger partial charge on any atom is 0.0373 e. The van der Waals surface area contributed by atoms with E-state index in [1.165, 1.54) is 11.1 Å². The SMILES string of the molecule is CC(=CCCN)c1ccc(C)nc1. The van der Waals surface area contributed by atoms with Crippen molar-refractivity contribution in [2.75, 3.05) is 6.54 Å². The number of rotatable bonds is 3. The molecule has 0 bridgehead atoms. The summed E-state index contributed by atoms with van der Waals surface area (Å²) < 4.78 is 0. The van der Waals surface area contributed by atoms with Crippen molar-refractivity contribution in [3.05, 3.63) is 35.7 Å². The van der Waals surface area contributed by atoms with Gasteiger partial charge in [-0.15, -0.1) is 0 Å². The Morgan fingerprint density at radius 3 is 2.85 bits per heavy atom. The molecule has 1 aromatic heterocycles. The lowest BCUT2D eigenvalue weighted by atomic mass is 10.1. The van der Waals surface area contributed by atoms with Crippen LogP contribution in [0.4, 0.5) is 0 Å². The third-order valence-corrected chi connectivity index (χ3v) is 1.98. The lowest BCUT2D eigenvalue weighted by molar-refractivity contribution is 1.01. The van der Waals surface area contributed by atoms with E-state index in [0.29, 0.717) is 6.54 Å². The Balaban J connectivity index is 2.77. The number of nitrogens with two attached hydrogens (primary N) is 1. The highest BCUT2D eigenvalue weighted by atomic mass is 14.7. The second-order valence-electron chi connectivity index (χ2n) is 3.15. The number of aromatic nitrogens is 1. The highest BCUT2D eigenvalue weighted by molar-refractivity contribution is 5.62. The molecule has 0 aromatic carbocycles. The van der Waals surface area contributed by atoms with Gasteiger partial charge in [-0.2, -0.15) is 0 Å². The van der Waals surface area contributed by atoms with Crippen LogP contribution in [0, 0.1) is 6.92 Å². The first-order chi connectivity index (χ1) is 6.24. The van der Waals surface area contributed by atoms with E-state index >= 15 is 0 Å². The maximum absolute atomic E-state index is 5.42. The summed E-state index contributed by atoms with van der Waals surface area (Å²) in [5.41, 5.74) is 8.90. The summed E-state index contributed by atoms with van der Waals surface area (Å²) >= 11 is 0. The number of hydrogen-bond donors (Lipinski definition) is 1. The van der Waals surface area contributed by atoms with E-state index < -0.39 is 0 Å². The minimum Gasteiger partial charge on any atom is -0.330 e. The average molecular weight is 176 g/mol. The fraction of sp³-hybridized carbons (Fsp3) is 0.364. The van der Waals surface area contributed by atoms with Crippen LogP contribution in [-0.2, 0) is 0 Å². The molecule has 1 aromatic rings. The van der Waals surface area contributed by atoms with Crippen LogP contribution < -0.4 is 5.73 Å². The smallest absolute Gasteiger partial charge is 0.0373 e. The largest absolute Gasteiger partial charge is 0.330 e. The zero-order valence-corrected chi connectivity index (χ0v) is 8.25. The molecule has 2 heteroatoms. The van der Waals surface area contributed by atoms with Gasteiger partial charge in [-0.3, -0.25) is 4.98 Å². The van der Waals surface area contributed by atoms with Crippen molar-refractivity contribution < 1.29 is 0 Å². The summed E-state index contributed by atoms with van der Waals surface area (Å²) in [5.74, 6) is 0. The molecule has 1 heterocycles. The molecule has 70 valence electrons. The van der Waals surface area contributed by atoms with Gasteiger partial charge in [0, 0.05) is 11.9 Å². The number of aryl methyl sites for hydroxylation is 1. The molecule has 2 nitrogen and oxygen atoms in total. The van der Waals surface area contributed by atoms with Crippen LogP contribution in [0.5, 0.6) is 0 Å². The Hall–Kier alpha value is -1.15. The van der Waals surface area contributed by atoms with Gasteiger partial charge >= 0.3 is 0 Å². The van der Waals surface area contributed by atoms with E-state index in [4.69, 9.17) is 5.73 Å². The second kappa shape index (κ2) is 4.77. The van der Waals surface area contributed by atoms with Gasteiger partial charge in [0.1, 0.15) is 0 Å². The summed E-state index contributed by atoms with van der Waals surface area (Å²) in [7, 11) is 0. The Bertz CT molecular complexity index is 285. The molecule has 0 atom stereocenters. The predicted molar refractivity (Wildman–Crippen MR) is 56.3 cm³/mol. The van der Waals surface area contributed by atoms with Crippen molar-refractivity contribution >= 4 is 5.57 Å². The fourth-order valence-electron chi connectivity index (χ4n) is 1.12. The second-order valence-corrected chi connectivity index (χ2v) is 3.15. The van der Waals surface area contributed by atoms with E-state index in [-0.39, 0.29) is 0 Å². The highest BCUT2D eigenvalue weighted by Crippen LogP contribution is 2.12. The summed E-state index contributed by atoms with van der Waals surface area (Å²) in [6.45, 7) is 4.78. The molecular formula is C11H16N2. The minimum atomic E-state index is 0.705. The van der Waals surface area contributed by atoms with E-state index in [1.54, 1.807) is 0 Å². The summed E-state index contributed by atoms with van der Waals surface area (Å²) in [6.07, 6.45) is 4.98. The molecule has 0 saturated heterocycles. The van der Waals surface area contributed by atoms with Crippen molar-refractivity contribution in [2.24, 2.45) is 5.73 Å². The van der Waals surface area contributed by atoms with Gasteiger partial charge in [0.15, 0.2) is 0 Å². The molecule has 0 spiro atoms. The van der Waals surface area contributed by atoms with E-state index in [1.807, 2.05) is 19.2 Å².